The lowest BCUT2D eigenvalue weighted by Crippen LogP contribution is -2.58. The van der Waals surface area contributed by atoms with Gasteiger partial charge in [0.2, 0.25) is 0 Å². The zero-order valence-corrected chi connectivity index (χ0v) is 20.4. The lowest BCUT2D eigenvalue weighted by molar-refractivity contribution is -0.0996. The summed E-state index contributed by atoms with van der Waals surface area (Å²) in [5.74, 6) is 5.47. The summed E-state index contributed by atoms with van der Waals surface area (Å²) in [4.78, 5) is 0. The van der Waals surface area contributed by atoms with Crippen LogP contribution in [0.2, 0.25) is 0 Å². The topological polar surface area (TPSA) is 12.5 Å². The van der Waals surface area contributed by atoms with Crippen molar-refractivity contribution in [1.82, 2.24) is 0 Å². The molecule has 1 saturated heterocycles. The highest BCUT2D eigenvalue weighted by molar-refractivity contribution is 6.20. The van der Waals surface area contributed by atoms with E-state index in [0.29, 0.717) is 22.3 Å². The van der Waals surface area contributed by atoms with Gasteiger partial charge in [0.1, 0.15) is 5.60 Å². The molecule has 1 spiro atoms. The van der Waals surface area contributed by atoms with Gasteiger partial charge < -0.3 is 4.74 Å². The average molecular weight is 421 g/mol. The van der Waals surface area contributed by atoms with E-state index in [1.165, 1.54) is 64.2 Å². The van der Waals surface area contributed by atoms with Gasteiger partial charge in [0.25, 0.3) is 0 Å². The van der Waals surface area contributed by atoms with Crippen molar-refractivity contribution >= 4 is 11.6 Å². The first kappa shape index (κ1) is 21.1. The van der Waals surface area contributed by atoms with E-state index in [9.17, 15) is 0 Å². The molecule has 5 aliphatic rings. The zero-order chi connectivity index (χ0) is 20.6. The Bertz CT molecular complexity index is 632. The van der Waals surface area contributed by atoms with Crippen LogP contribution in [0.25, 0.3) is 0 Å². The van der Waals surface area contributed by atoms with E-state index in [0.717, 1.165) is 41.9 Å². The first-order valence-corrected chi connectivity index (χ1v) is 13.5. The van der Waals surface area contributed by atoms with Crippen LogP contribution in [-0.2, 0) is 4.74 Å². The van der Waals surface area contributed by atoms with E-state index >= 15 is 0 Å². The van der Waals surface area contributed by atoms with Crippen LogP contribution >= 0.6 is 11.6 Å². The van der Waals surface area contributed by atoms with Gasteiger partial charge in [-0.3, -0.25) is 0 Å². The Morgan fingerprint density at radius 2 is 1.76 bits per heavy atom. The Balaban J connectivity index is 1.33. The number of halogens is 1. The second-order valence-electron chi connectivity index (χ2n) is 12.9. The quantitative estimate of drug-likeness (QED) is 0.325. The molecule has 1 nitrogen and oxygen atoms in total. The van der Waals surface area contributed by atoms with Crippen molar-refractivity contribution in [3.05, 3.63) is 0 Å². The lowest BCUT2D eigenvalue weighted by atomic mass is 9.44. The van der Waals surface area contributed by atoms with Crippen molar-refractivity contribution in [3.63, 3.8) is 0 Å². The number of hydrogen-bond acceptors (Lipinski definition) is 1. The maximum Gasteiger partial charge on any atom is 0.102 e. The van der Waals surface area contributed by atoms with E-state index in [2.05, 4.69) is 34.6 Å². The largest absolute Gasteiger partial charge is 0.365 e. The molecule has 166 valence electrons. The summed E-state index contributed by atoms with van der Waals surface area (Å²) in [6, 6.07) is 0. The summed E-state index contributed by atoms with van der Waals surface area (Å²) in [5, 5.41) is 0.348. The summed E-state index contributed by atoms with van der Waals surface area (Å²) in [6.45, 7) is 12.7. The zero-order valence-electron chi connectivity index (χ0n) is 19.7. The van der Waals surface area contributed by atoms with Crippen LogP contribution in [0, 0.1) is 46.3 Å². The number of rotatable bonds is 5. The summed E-state index contributed by atoms with van der Waals surface area (Å²) < 4.78 is 6.58. The summed E-state index contributed by atoms with van der Waals surface area (Å²) in [5.41, 5.74) is 1.15. The Morgan fingerprint density at radius 3 is 2.52 bits per heavy atom. The van der Waals surface area contributed by atoms with Crippen molar-refractivity contribution in [2.45, 2.75) is 122 Å². The smallest absolute Gasteiger partial charge is 0.102 e. The molecule has 0 N–H and O–H groups in total. The third-order valence-electron chi connectivity index (χ3n) is 11.2. The van der Waals surface area contributed by atoms with E-state index in [4.69, 9.17) is 16.3 Å². The minimum Gasteiger partial charge on any atom is -0.365 e. The Morgan fingerprint density at radius 1 is 0.966 bits per heavy atom. The maximum atomic E-state index is 6.64. The highest BCUT2D eigenvalue weighted by atomic mass is 35.5. The van der Waals surface area contributed by atoms with Crippen LogP contribution in [0.4, 0.5) is 0 Å². The number of epoxide rings is 1. The molecule has 2 heteroatoms. The molecule has 0 aromatic rings. The summed E-state index contributed by atoms with van der Waals surface area (Å²) >= 11 is 6.64. The first-order chi connectivity index (χ1) is 13.7. The van der Waals surface area contributed by atoms with Crippen LogP contribution in [0.3, 0.4) is 0 Å². The van der Waals surface area contributed by atoms with E-state index in [1.54, 1.807) is 0 Å². The van der Waals surface area contributed by atoms with Gasteiger partial charge in [-0.15, -0.1) is 11.6 Å². The molecule has 0 aromatic heterocycles. The fraction of sp³-hybridized carbons (Fsp3) is 1.00. The molecular formula is C27H45ClO. The van der Waals surface area contributed by atoms with Gasteiger partial charge in [0.15, 0.2) is 0 Å². The molecule has 1 aliphatic heterocycles. The minimum atomic E-state index is 0.161. The normalized spacial score (nSPS) is 54.3. The predicted octanol–water partition coefficient (Wildman–Crippen LogP) is 7.85. The number of alkyl halides is 1. The molecule has 0 unspecified atom stereocenters. The Labute approximate surface area is 185 Å². The molecule has 29 heavy (non-hydrogen) atoms. The first-order valence-electron chi connectivity index (χ1n) is 13.0. The summed E-state index contributed by atoms with van der Waals surface area (Å²) in [7, 11) is 0. The van der Waals surface area contributed by atoms with Crippen molar-refractivity contribution in [3.8, 4) is 0 Å². The van der Waals surface area contributed by atoms with Gasteiger partial charge in [-0.1, -0.05) is 53.9 Å². The molecule has 0 aromatic carbocycles. The third-order valence-corrected chi connectivity index (χ3v) is 11.6. The molecular weight excluding hydrogens is 376 g/mol. The molecule has 0 amide bonds. The molecule has 0 bridgehead atoms. The highest BCUT2D eigenvalue weighted by Gasteiger charge is 2.75. The van der Waals surface area contributed by atoms with Crippen LogP contribution in [0.5, 0.6) is 0 Å². The van der Waals surface area contributed by atoms with Gasteiger partial charge >= 0.3 is 0 Å². The predicted molar refractivity (Wildman–Crippen MR) is 122 cm³/mol. The van der Waals surface area contributed by atoms with Gasteiger partial charge in [-0.25, -0.2) is 0 Å². The van der Waals surface area contributed by atoms with Crippen LogP contribution in [-0.4, -0.2) is 17.1 Å². The standard InChI is InChI=1S/C27H45ClO/c1-17(2)7-6-8-18(3)21-9-10-22-20-15-24-27(29-24)16-19(28)11-14-26(27,5)23(20)12-13-25(21,22)4/h17-24H,6-16H2,1-5H3/t18-,19-,20+,21-,22+,23+,24+,25-,26-,27+/m1/s1. The molecule has 4 aliphatic carbocycles. The number of ether oxygens (including phenoxy) is 1. The maximum absolute atomic E-state index is 6.64. The van der Waals surface area contributed by atoms with Crippen molar-refractivity contribution in [2.24, 2.45) is 46.3 Å². The second kappa shape index (κ2) is 7.13. The fourth-order valence-electron chi connectivity index (χ4n) is 9.65. The SMILES string of the molecule is CC(C)CCC[C@@H](C)[C@H]1CC[C@H]2[C@@H]3C[C@@H]4O[C@@]45C[C@H](Cl)CC[C@]5(C)[C@H]3CC[C@]12C. The molecule has 5 rings (SSSR count). The van der Waals surface area contributed by atoms with Gasteiger partial charge in [0, 0.05) is 10.8 Å². The fourth-order valence-corrected chi connectivity index (χ4v) is 9.99. The molecule has 10 atom stereocenters. The lowest BCUT2D eigenvalue weighted by Gasteiger charge is -2.59. The van der Waals surface area contributed by atoms with E-state index in [-0.39, 0.29) is 5.60 Å². The van der Waals surface area contributed by atoms with Crippen LogP contribution in [0.1, 0.15) is 105 Å². The second-order valence-corrected chi connectivity index (χ2v) is 13.5. The van der Waals surface area contributed by atoms with Crippen LogP contribution < -0.4 is 0 Å². The van der Waals surface area contributed by atoms with Crippen molar-refractivity contribution < 1.29 is 4.74 Å². The van der Waals surface area contributed by atoms with Crippen molar-refractivity contribution in [2.75, 3.05) is 0 Å². The van der Waals surface area contributed by atoms with Crippen molar-refractivity contribution in [1.29, 1.82) is 0 Å². The van der Waals surface area contributed by atoms with Gasteiger partial charge in [0.05, 0.1) is 6.10 Å². The minimum absolute atomic E-state index is 0.161. The molecule has 5 fully saturated rings. The summed E-state index contributed by atoms with van der Waals surface area (Å²) in [6.07, 6.45) is 15.7. The number of hydrogen-bond donors (Lipinski definition) is 0. The third kappa shape index (κ3) is 3.02. The molecule has 1 heterocycles. The average Bonchev–Trinajstić information content (AvgIpc) is 3.22. The van der Waals surface area contributed by atoms with Gasteiger partial charge in [-0.2, -0.15) is 0 Å². The number of fused-ring (bicyclic) bond motifs is 4. The Hall–Kier alpha value is 0.250. The van der Waals surface area contributed by atoms with Crippen LogP contribution in [0.15, 0.2) is 0 Å². The van der Waals surface area contributed by atoms with Gasteiger partial charge in [-0.05, 0) is 92.3 Å². The van der Waals surface area contributed by atoms with E-state index < -0.39 is 0 Å². The molecule has 0 radical (unpaired) electrons. The van der Waals surface area contributed by atoms with E-state index in [1.807, 2.05) is 0 Å². The monoisotopic (exact) mass is 420 g/mol. The highest BCUT2D eigenvalue weighted by Crippen LogP contribution is 2.74. The molecule has 4 saturated carbocycles. The Kier molecular flexibility index (Phi) is 5.19.